The highest BCUT2D eigenvalue weighted by Gasteiger charge is 2.18. The number of methoxy groups -OCH3 is 1. The minimum Gasteiger partial charge on any atom is -0.494 e. The Labute approximate surface area is 151 Å². The number of oxazole rings is 1. The largest absolute Gasteiger partial charge is 0.494 e. The Morgan fingerprint density at radius 1 is 1.31 bits per heavy atom. The van der Waals surface area contributed by atoms with Gasteiger partial charge in [-0.1, -0.05) is 0 Å². The van der Waals surface area contributed by atoms with Gasteiger partial charge in [-0.05, 0) is 45.2 Å². The second-order valence-corrected chi connectivity index (χ2v) is 6.10. The van der Waals surface area contributed by atoms with E-state index in [1.807, 2.05) is 20.0 Å². The van der Waals surface area contributed by atoms with Crippen LogP contribution in [0.3, 0.4) is 0 Å². The molecule has 7 heteroatoms. The summed E-state index contributed by atoms with van der Waals surface area (Å²) in [6, 6.07) is 6.55. The van der Waals surface area contributed by atoms with Crippen LogP contribution in [0.5, 0.6) is 5.75 Å². The molecule has 0 fully saturated rings. The van der Waals surface area contributed by atoms with Crippen molar-refractivity contribution in [3.8, 4) is 17.2 Å². The van der Waals surface area contributed by atoms with Crippen molar-refractivity contribution in [3.63, 3.8) is 0 Å². The molecule has 2 heterocycles. The first kappa shape index (κ1) is 18.0. The number of aryl methyl sites for hydroxylation is 1. The number of hydrogen-bond acceptors (Lipinski definition) is 6. The van der Waals surface area contributed by atoms with Crippen LogP contribution in [0.25, 0.3) is 11.5 Å². The Morgan fingerprint density at radius 3 is 2.81 bits per heavy atom. The minimum atomic E-state index is -0.418. The molecule has 3 rings (SSSR count). The normalized spacial score (nSPS) is 12.4. The highest BCUT2D eigenvalue weighted by Crippen LogP contribution is 2.28. The fraction of sp³-hybridized carbons (Fsp3) is 0.316. The maximum Gasteiger partial charge on any atom is 0.226 e. The first-order chi connectivity index (χ1) is 12.5. The summed E-state index contributed by atoms with van der Waals surface area (Å²) in [6.07, 6.45) is 3.27. The number of halogens is 1. The second-order valence-electron chi connectivity index (χ2n) is 6.10. The van der Waals surface area contributed by atoms with Gasteiger partial charge in [0.1, 0.15) is 12.1 Å². The molecule has 0 aliphatic heterocycles. The van der Waals surface area contributed by atoms with E-state index >= 15 is 0 Å². The number of ether oxygens (including phenoxy) is 1. The zero-order valence-corrected chi connectivity index (χ0v) is 15.2. The molecule has 0 saturated heterocycles. The summed E-state index contributed by atoms with van der Waals surface area (Å²) in [4.78, 5) is 15.0. The van der Waals surface area contributed by atoms with Gasteiger partial charge in [0.25, 0.3) is 0 Å². The Bertz CT molecular complexity index is 883. The van der Waals surface area contributed by atoms with Crippen molar-refractivity contribution in [2.75, 3.05) is 14.2 Å². The third-order valence-corrected chi connectivity index (χ3v) is 4.38. The monoisotopic (exact) mass is 356 g/mol. The number of benzene rings is 1. The van der Waals surface area contributed by atoms with Crippen molar-refractivity contribution in [2.45, 2.75) is 26.4 Å². The predicted octanol–water partition coefficient (Wildman–Crippen LogP) is 3.78. The summed E-state index contributed by atoms with van der Waals surface area (Å²) in [7, 11) is 3.43. The quantitative estimate of drug-likeness (QED) is 0.670. The summed E-state index contributed by atoms with van der Waals surface area (Å²) in [6.45, 7) is 4.54. The lowest BCUT2D eigenvalue weighted by molar-refractivity contribution is 0.244. The Morgan fingerprint density at radius 2 is 2.12 bits per heavy atom. The molecule has 0 spiro atoms. The van der Waals surface area contributed by atoms with Gasteiger partial charge in [0.15, 0.2) is 11.6 Å². The molecule has 3 aromatic rings. The fourth-order valence-corrected chi connectivity index (χ4v) is 2.64. The summed E-state index contributed by atoms with van der Waals surface area (Å²) in [5.74, 6) is 0.913. The van der Waals surface area contributed by atoms with Gasteiger partial charge < -0.3 is 9.15 Å². The van der Waals surface area contributed by atoms with E-state index < -0.39 is 5.82 Å². The van der Waals surface area contributed by atoms with E-state index in [0.29, 0.717) is 18.0 Å². The molecule has 2 aromatic heterocycles. The van der Waals surface area contributed by atoms with E-state index in [2.05, 4.69) is 26.8 Å². The molecule has 0 N–H and O–H groups in total. The lowest BCUT2D eigenvalue weighted by Crippen LogP contribution is -2.23. The van der Waals surface area contributed by atoms with E-state index in [9.17, 15) is 4.39 Å². The van der Waals surface area contributed by atoms with Crippen molar-refractivity contribution in [2.24, 2.45) is 0 Å². The molecule has 0 bridgehead atoms. The van der Waals surface area contributed by atoms with Crippen molar-refractivity contribution >= 4 is 0 Å². The number of hydrogen-bond donors (Lipinski definition) is 0. The molecule has 6 nitrogen and oxygen atoms in total. The molecule has 0 aliphatic rings. The smallest absolute Gasteiger partial charge is 0.226 e. The first-order valence-corrected chi connectivity index (χ1v) is 8.26. The minimum absolute atomic E-state index is 0.100. The third-order valence-electron chi connectivity index (χ3n) is 4.38. The molecule has 0 amide bonds. The van der Waals surface area contributed by atoms with Gasteiger partial charge in [-0.25, -0.2) is 19.3 Å². The van der Waals surface area contributed by atoms with E-state index in [1.165, 1.54) is 13.2 Å². The van der Waals surface area contributed by atoms with Crippen molar-refractivity contribution in [1.82, 2.24) is 19.9 Å². The second kappa shape index (κ2) is 7.61. The third kappa shape index (κ3) is 3.72. The van der Waals surface area contributed by atoms with Crippen LogP contribution in [-0.2, 0) is 6.54 Å². The standard InChI is InChI=1S/C19H21FN4O2/c1-12(16-7-8-21-11-22-16)24(3)10-17-13(2)26-19(23-17)14-5-6-15(20)18(9-14)25-4/h5-9,11-12H,10H2,1-4H3/t12-/m0/s1. The first-order valence-electron chi connectivity index (χ1n) is 8.26. The van der Waals surface area contributed by atoms with Crippen LogP contribution in [0, 0.1) is 12.7 Å². The number of rotatable bonds is 6. The van der Waals surface area contributed by atoms with Crippen LogP contribution in [0.1, 0.15) is 30.1 Å². The molecule has 1 atom stereocenters. The number of aromatic nitrogens is 3. The van der Waals surface area contributed by atoms with Crippen molar-refractivity contribution in [3.05, 3.63) is 59.8 Å². The lowest BCUT2D eigenvalue weighted by Gasteiger charge is -2.23. The average Bonchev–Trinajstić information content (AvgIpc) is 3.02. The summed E-state index contributed by atoms with van der Waals surface area (Å²) in [5.41, 5.74) is 2.43. The van der Waals surface area contributed by atoms with E-state index in [4.69, 9.17) is 9.15 Å². The number of nitrogens with zero attached hydrogens (tertiary/aromatic N) is 4. The van der Waals surface area contributed by atoms with Crippen LogP contribution < -0.4 is 4.74 Å². The lowest BCUT2D eigenvalue weighted by atomic mass is 10.2. The molecule has 0 saturated carbocycles. The molecule has 26 heavy (non-hydrogen) atoms. The van der Waals surface area contributed by atoms with E-state index in [1.54, 1.807) is 24.7 Å². The molecular formula is C19H21FN4O2. The Balaban J connectivity index is 1.80. The average molecular weight is 356 g/mol. The van der Waals surface area contributed by atoms with Crippen LogP contribution in [-0.4, -0.2) is 34.0 Å². The van der Waals surface area contributed by atoms with Gasteiger partial charge in [0, 0.05) is 24.3 Å². The van der Waals surface area contributed by atoms with Crippen LogP contribution in [0.15, 0.2) is 41.2 Å². The maximum absolute atomic E-state index is 13.6. The van der Waals surface area contributed by atoms with Gasteiger partial charge >= 0.3 is 0 Å². The molecule has 0 radical (unpaired) electrons. The summed E-state index contributed by atoms with van der Waals surface area (Å²) >= 11 is 0. The molecule has 0 aliphatic carbocycles. The SMILES string of the molecule is COc1cc(-c2nc(CN(C)[C@@H](C)c3ccncn3)c(C)o2)ccc1F. The highest BCUT2D eigenvalue weighted by atomic mass is 19.1. The highest BCUT2D eigenvalue weighted by molar-refractivity contribution is 5.56. The zero-order chi connectivity index (χ0) is 18.7. The topological polar surface area (TPSA) is 64.3 Å². The van der Waals surface area contributed by atoms with Crippen molar-refractivity contribution < 1.29 is 13.5 Å². The van der Waals surface area contributed by atoms with E-state index in [-0.39, 0.29) is 11.8 Å². The summed E-state index contributed by atoms with van der Waals surface area (Å²) < 4.78 is 24.4. The molecule has 0 unspecified atom stereocenters. The van der Waals surface area contributed by atoms with Gasteiger partial charge in [0.05, 0.1) is 18.5 Å². The molecular weight excluding hydrogens is 335 g/mol. The van der Waals surface area contributed by atoms with Crippen LogP contribution >= 0.6 is 0 Å². The Kier molecular flexibility index (Phi) is 5.27. The predicted molar refractivity (Wildman–Crippen MR) is 95.1 cm³/mol. The van der Waals surface area contributed by atoms with Crippen LogP contribution in [0.2, 0.25) is 0 Å². The van der Waals surface area contributed by atoms with Gasteiger partial charge in [0.2, 0.25) is 5.89 Å². The molecule has 136 valence electrons. The van der Waals surface area contributed by atoms with Gasteiger partial charge in [-0.15, -0.1) is 0 Å². The van der Waals surface area contributed by atoms with Crippen molar-refractivity contribution in [1.29, 1.82) is 0 Å². The zero-order valence-electron chi connectivity index (χ0n) is 15.2. The summed E-state index contributed by atoms with van der Waals surface area (Å²) in [5, 5.41) is 0. The van der Waals surface area contributed by atoms with E-state index in [0.717, 1.165) is 17.1 Å². The Hall–Kier alpha value is -2.80. The van der Waals surface area contributed by atoms with Crippen LogP contribution in [0.4, 0.5) is 4.39 Å². The fourth-order valence-electron chi connectivity index (χ4n) is 2.64. The van der Waals surface area contributed by atoms with Gasteiger partial charge in [-0.3, -0.25) is 4.90 Å². The van der Waals surface area contributed by atoms with Gasteiger partial charge in [-0.2, -0.15) is 0 Å². The maximum atomic E-state index is 13.6. The molecule has 1 aromatic carbocycles.